The Morgan fingerprint density at radius 2 is 1.96 bits per heavy atom. The number of hydrogen-bond acceptors (Lipinski definition) is 5. The van der Waals surface area contributed by atoms with Gasteiger partial charge in [-0.25, -0.2) is 8.99 Å². The molecule has 0 saturated carbocycles. The Morgan fingerprint density at radius 1 is 1.16 bits per heavy atom. The lowest BCUT2D eigenvalue weighted by Crippen LogP contribution is -2.05. The first-order chi connectivity index (χ1) is 11.9. The van der Waals surface area contributed by atoms with Crippen LogP contribution in [0.25, 0.3) is 10.9 Å². The Balaban J connectivity index is 1.93. The van der Waals surface area contributed by atoms with Crippen LogP contribution in [0.1, 0.15) is 18.6 Å². The normalized spacial score (nSPS) is 14.7. The Bertz CT molecular complexity index is 1020. The van der Waals surface area contributed by atoms with Gasteiger partial charge >= 0.3 is 0 Å². The van der Waals surface area contributed by atoms with Crippen LogP contribution in [0.4, 0.5) is 0 Å². The molecule has 0 aliphatic carbocycles. The smallest absolute Gasteiger partial charge is 0.131 e. The third-order valence-electron chi connectivity index (χ3n) is 3.99. The number of hydrogen-bond donors (Lipinski definition) is 1. The summed E-state index contributed by atoms with van der Waals surface area (Å²) in [5.41, 5.74) is 1.67. The molecule has 130 valence electrons. The molecule has 0 saturated heterocycles. The second kappa shape index (κ2) is 6.72. The second-order valence-corrected chi connectivity index (χ2v) is 8.03. The van der Waals surface area contributed by atoms with Crippen molar-refractivity contribution >= 4 is 20.6 Å². The van der Waals surface area contributed by atoms with E-state index >= 15 is 0 Å². The van der Waals surface area contributed by atoms with Crippen LogP contribution in [-0.4, -0.2) is 22.6 Å². The van der Waals surface area contributed by atoms with Gasteiger partial charge in [0.05, 0.1) is 22.4 Å². The highest BCUT2D eigenvalue weighted by molar-refractivity contribution is 7.91. The minimum absolute atomic E-state index is 0.255. The molecule has 2 aromatic carbocycles. The van der Waals surface area contributed by atoms with Crippen molar-refractivity contribution in [2.45, 2.75) is 17.9 Å². The third-order valence-corrected chi connectivity index (χ3v) is 5.14. The fourth-order valence-electron chi connectivity index (χ4n) is 2.60. The number of nitrogens with zero attached hydrogens (tertiary/aromatic N) is 1. The second-order valence-electron chi connectivity index (χ2n) is 5.87. The van der Waals surface area contributed by atoms with E-state index in [0.29, 0.717) is 10.6 Å². The Hall–Kier alpha value is -2.60. The van der Waals surface area contributed by atoms with Gasteiger partial charge in [0.1, 0.15) is 17.6 Å². The highest BCUT2D eigenvalue weighted by atomic mass is 32.2. The van der Waals surface area contributed by atoms with Gasteiger partial charge in [-0.1, -0.05) is 12.1 Å². The van der Waals surface area contributed by atoms with Gasteiger partial charge in [0.25, 0.3) is 0 Å². The zero-order chi connectivity index (χ0) is 18.0. The van der Waals surface area contributed by atoms with Gasteiger partial charge in [0.2, 0.25) is 0 Å². The van der Waals surface area contributed by atoms with Crippen LogP contribution in [0.3, 0.4) is 0 Å². The van der Waals surface area contributed by atoms with Gasteiger partial charge in [-0.15, -0.1) is 0 Å². The standard InChI is InChI=1S/C19H20N2O3S/c1-13(14-5-4-6-16(11-14)25(3,20)22)24-19-9-10-21-18-12-15(23-2)7-8-17(18)19/h4-13,20H,1-3H3/t13-,25-/m1/s1. The van der Waals surface area contributed by atoms with E-state index in [9.17, 15) is 4.21 Å². The summed E-state index contributed by atoms with van der Waals surface area (Å²) in [7, 11) is -1.13. The van der Waals surface area contributed by atoms with Crippen molar-refractivity contribution in [3.05, 3.63) is 60.3 Å². The van der Waals surface area contributed by atoms with Crippen LogP contribution in [0.2, 0.25) is 0 Å². The lowest BCUT2D eigenvalue weighted by Gasteiger charge is -2.17. The van der Waals surface area contributed by atoms with E-state index in [0.717, 1.165) is 22.2 Å². The summed E-state index contributed by atoms with van der Waals surface area (Å²) >= 11 is 0. The quantitative estimate of drug-likeness (QED) is 0.734. The van der Waals surface area contributed by atoms with Crippen LogP contribution in [0, 0.1) is 4.78 Å². The molecule has 1 heterocycles. The lowest BCUT2D eigenvalue weighted by atomic mass is 10.1. The van der Waals surface area contributed by atoms with E-state index in [1.54, 1.807) is 31.5 Å². The number of fused-ring (bicyclic) bond motifs is 1. The Morgan fingerprint density at radius 3 is 2.68 bits per heavy atom. The van der Waals surface area contributed by atoms with Crippen molar-refractivity contribution in [2.24, 2.45) is 0 Å². The number of benzene rings is 2. The number of nitrogens with one attached hydrogen (secondary N) is 1. The molecular formula is C19H20N2O3S. The largest absolute Gasteiger partial charge is 0.497 e. The highest BCUT2D eigenvalue weighted by Crippen LogP contribution is 2.31. The molecule has 0 fully saturated rings. The first-order valence-electron chi connectivity index (χ1n) is 7.81. The molecule has 1 aromatic heterocycles. The van der Waals surface area contributed by atoms with Crippen LogP contribution in [0.15, 0.2) is 59.6 Å². The molecule has 0 amide bonds. The van der Waals surface area contributed by atoms with E-state index in [1.165, 1.54) is 6.26 Å². The minimum atomic E-state index is -2.75. The summed E-state index contributed by atoms with van der Waals surface area (Å²) in [6.45, 7) is 1.93. The summed E-state index contributed by atoms with van der Waals surface area (Å²) < 4.78 is 31.1. The third kappa shape index (κ3) is 3.74. The average Bonchev–Trinajstić information content (AvgIpc) is 2.61. The van der Waals surface area contributed by atoms with E-state index in [4.69, 9.17) is 14.3 Å². The fraction of sp³-hybridized carbons (Fsp3) is 0.211. The number of methoxy groups -OCH3 is 1. The van der Waals surface area contributed by atoms with Crippen LogP contribution < -0.4 is 9.47 Å². The predicted octanol–water partition coefficient (Wildman–Crippen LogP) is 4.42. The van der Waals surface area contributed by atoms with Gasteiger partial charge < -0.3 is 9.47 Å². The summed E-state index contributed by atoms with van der Waals surface area (Å²) in [5, 5.41) is 0.895. The van der Waals surface area contributed by atoms with Crippen molar-refractivity contribution in [3.8, 4) is 11.5 Å². The van der Waals surface area contributed by atoms with Gasteiger partial charge in [0.15, 0.2) is 0 Å². The van der Waals surface area contributed by atoms with Crippen LogP contribution in [0.5, 0.6) is 11.5 Å². The number of ether oxygens (including phenoxy) is 2. The SMILES string of the molecule is COc1ccc2c(O[C@H](C)c3cccc([S@](C)(=N)=O)c3)ccnc2c1. The molecule has 3 aromatic rings. The molecule has 0 unspecified atom stereocenters. The molecule has 0 aliphatic heterocycles. The number of aromatic nitrogens is 1. The molecule has 25 heavy (non-hydrogen) atoms. The monoisotopic (exact) mass is 356 g/mol. The first kappa shape index (κ1) is 17.2. The number of pyridine rings is 1. The maximum Gasteiger partial charge on any atom is 0.131 e. The molecule has 0 bridgehead atoms. The highest BCUT2D eigenvalue weighted by Gasteiger charge is 2.13. The topological polar surface area (TPSA) is 72.3 Å². The maximum absolute atomic E-state index is 12.0. The zero-order valence-electron chi connectivity index (χ0n) is 14.4. The van der Waals surface area contributed by atoms with Crippen molar-refractivity contribution in [1.82, 2.24) is 4.98 Å². The predicted molar refractivity (Wildman–Crippen MR) is 98.8 cm³/mol. The number of rotatable bonds is 5. The summed E-state index contributed by atoms with van der Waals surface area (Å²) in [6.07, 6.45) is 2.86. The zero-order valence-corrected chi connectivity index (χ0v) is 15.2. The molecule has 3 rings (SSSR count). The van der Waals surface area contributed by atoms with Crippen molar-refractivity contribution in [1.29, 1.82) is 4.78 Å². The van der Waals surface area contributed by atoms with Crippen LogP contribution >= 0.6 is 0 Å². The van der Waals surface area contributed by atoms with Gasteiger partial charge in [-0.05, 0) is 42.8 Å². The summed E-state index contributed by atoms with van der Waals surface area (Å²) in [4.78, 5) is 4.86. The van der Waals surface area contributed by atoms with Crippen LogP contribution in [-0.2, 0) is 9.73 Å². The van der Waals surface area contributed by atoms with Crippen molar-refractivity contribution in [2.75, 3.05) is 13.4 Å². The van der Waals surface area contributed by atoms with Gasteiger partial charge in [-0.3, -0.25) is 4.98 Å². The van der Waals surface area contributed by atoms with E-state index in [2.05, 4.69) is 4.98 Å². The summed E-state index contributed by atoms with van der Waals surface area (Å²) in [5.74, 6) is 1.46. The first-order valence-corrected chi connectivity index (χ1v) is 9.78. The average molecular weight is 356 g/mol. The molecule has 5 nitrogen and oxygen atoms in total. The molecule has 0 spiro atoms. The van der Waals surface area contributed by atoms with Crippen molar-refractivity contribution in [3.63, 3.8) is 0 Å². The van der Waals surface area contributed by atoms with Gasteiger partial charge in [0, 0.05) is 28.8 Å². The molecule has 6 heteroatoms. The van der Waals surface area contributed by atoms with E-state index in [-0.39, 0.29) is 6.10 Å². The minimum Gasteiger partial charge on any atom is -0.497 e. The molecule has 0 aliphatic rings. The lowest BCUT2D eigenvalue weighted by molar-refractivity contribution is 0.229. The molecule has 0 radical (unpaired) electrons. The molecule has 2 atom stereocenters. The molecular weight excluding hydrogens is 336 g/mol. The van der Waals surface area contributed by atoms with E-state index in [1.807, 2.05) is 37.3 Å². The Labute approximate surface area is 147 Å². The van der Waals surface area contributed by atoms with Crippen molar-refractivity contribution < 1.29 is 13.7 Å². The molecule has 1 N–H and O–H groups in total. The maximum atomic E-state index is 12.0. The Kier molecular flexibility index (Phi) is 4.63. The fourth-order valence-corrected chi connectivity index (χ4v) is 3.30. The van der Waals surface area contributed by atoms with E-state index < -0.39 is 9.73 Å². The summed E-state index contributed by atoms with van der Waals surface area (Å²) in [6, 6.07) is 14.7. The van der Waals surface area contributed by atoms with Gasteiger partial charge in [-0.2, -0.15) is 0 Å².